The Labute approximate surface area is 286 Å². The third-order valence-electron chi connectivity index (χ3n) is 9.21. The first-order valence-corrected chi connectivity index (χ1v) is 16.5. The summed E-state index contributed by atoms with van der Waals surface area (Å²) in [4.78, 5) is 19.7. The summed E-state index contributed by atoms with van der Waals surface area (Å²) in [5.41, 5.74) is 8.88. The topological polar surface area (TPSA) is 77.8 Å². The van der Waals surface area contributed by atoms with Crippen molar-refractivity contribution in [1.82, 2.24) is 19.9 Å². The van der Waals surface area contributed by atoms with Gasteiger partial charge in [0.15, 0.2) is 28.6 Å². The molecule has 7 aromatic carbocycles. The van der Waals surface area contributed by atoms with Crippen molar-refractivity contribution in [1.29, 1.82) is 0 Å². The summed E-state index contributed by atoms with van der Waals surface area (Å²) in [6.07, 6.45) is 0. The van der Waals surface area contributed by atoms with Crippen LogP contribution in [0.1, 0.15) is 0 Å². The average molecular weight is 643 g/mol. The standard InChI is InChI=1S/C44H26N4O2/c1-3-11-28(12-4-1)41-46-42(29-13-5-2-6-14-29)48-43(47-41)36-19-10-17-32-31(16-9-18-33(32)36)27-21-23-30(24-22-27)44-45-37-26-25-35-34-15-7-8-20-38(34)49-39(35)40(37)50-44/h1-26H. The Hall–Kier alpha value is -6.92. The fourth-order valence-electron chi connectivity index (χ4n) is 6.77. The number of nitrogens with zero attached hydrogens (tertiary/aromatic N) is 4. The number of aromatic nitrogens is 4. The van der Waals surface area contributed by atoms with Gasteiger partial charge >= 0.3 is 0 Å². The van der Waals surface area contributed by atoms with Crippen LogP contribution in [0, 0.1) is 0 Å². The maximum Gasteiger partial charge on any atom is 0.227 e. The number of para-hydroxylation sites is 1. The monoisotopic (exact) mass is 642 g/mol. The molecular weight excluding hydrogens is 617 g/mol. The highest BCUT2D eigenvalue weighted by Crippen LogP contribution is 2.38. The predicted octanol–water partition coefficient (Wildman–Crippen LogP) is 11.4. The van der Waals surface area contributed by atoms with Crippen molar-refractivity contribution < 1.29 is 8.83 Å². The van der Waals surface area contributed by atoms with E-state index in [9.17, 15) is 0 Å². The lowest BCUT2D eigenvalue weighted by Gasteiger charge is -2.12. The highest BCUT2D eigenvalue weighted by Gasteiger charge is 2.18. The first kappa shape index (κ1) is 28.1. The minimum atomic E-state index is 0.554. The molecule has 0 fully saturated rings. The molecule has 50 heavy (non-hydrogen) atoms. The highest BCUT2D eigenvalue weighted by atomic mass is 16.4. The Morgan fingerprint density at radius 1 is 0.320 bits per heavy atom. The number of hydrogen-bond donors (Lipinski definition) is 0. The van der Waals surface area contributed by atoms with Crippen LogP contribution in [0.25, 0.3) is 101 Å². The molecule has 0 bridgehead atoms. The van der Waals surface area contributed by atoms with Gasteiger partial charge in [0.25, 0.3) is 0 Å². The second-order valence-electron chi connectivity index (χ2n) is 12.2. The number of hydrogen-bond acceptors (Lipinski definition) is 6. The van der Waals surface area contributed by atoms with Crippen molar-refractivity contribution in [2.75, 3.05) is 0 Å². The molecule has 3 heterocycles. The molecule has 0 aliphatic carbocycles. The van der Waals surface area contributed by atoms with E-state index in [1.54, 1.807) is 0 Å². The van der Waals surface area contributed by atoms with Gasteiger partial charge in [0.1, 0.15) is 11.1 Å². The molecule has 6 nitrogen and oxygen atoms in total. The van der Waals surface area contributed by atoms with Gasteiger partial charge in [-0.3, -0.25) is 0 Å². The molecule has 0 N–H and O–H groups in total. The largest absolute Gasteiger partial charge is 0.452 e. The number of rotatable bonds is 5. The first-order valence-electron chi connectivity index (χ1n) is 16.5. The lowest BCUT2D eigenvalue weighted by Crippen LogP contribution is -2.00. The fraction of sp³-hybridized carbons (Fsp3) is 0. The Balaban J connectivity index is 1.05. The van der Waals surface area contributed by atoms with Crippen molar-refractivity contribution >= 4 is 43.8 Å². The lowest BCUT2D eigenvalue weighted by atomic mass is 9.95. The maximum atomic E-state index is 6.34. The molecule has 0 amide bonds. The van der Waals surface area contributed by atoms with Crippen molar-refractivity contribution in [3.05, 3.63) is 158 Å². The van der Waals surface area contributed by atoms with Crippen LogP contribution in [-0.4, -0.2) is 19.9 Å². The summed E-state index contributed by atoms with van der Waals surface area (Å²) in [5, 5.41) is 4.25. The molecule has 3 aromatic heterocycles. The van der Waals surface area contributed by atoms with E-state index in [0.29, 0.717) is 28.9 Å². The quantitative estimate of drug-likeness (QED) is 0.186. The zero-order valence-corrected chi connectivity index (χ0v) is 26.6. The molecule has 0 radical (unpaired) electrons. The van der Waals surface area contributed by atoms with Gasteiger partial charge in [-0.25, -0.2) is 19.9 Å². The molecular formula is C44H26N4O2. The molecule has 0 aliphatic rings. The summed E-state index contributed by atoms with van der Waals surface area (Å²) in [6, 6.07) is 53.2. The average Bonchev–Trinajstić information content (AvgIpc) is 3.80. The molecule has 0 aliphatic heterocycles. The number of furan rings is 1. The van der Waals surface area contributed by atoms with Crippen LogP contribution in [0.4, 0.5) is 0 Å². The molecule has 0 unspecified atom stereocenters. The summed E-state index contributed by atoms with van der Waals surface area (Å²) in [5.74, 6) is 2.46. The van der Waals surface area contributed by atoms with Gasteiger partial charge in [0, 0.05) is 33.0 Å². The molecule has 234 valence electrons. The van der Waals surface area contributed by atoms with E-state index in [0.717, 1.165) is 71.6 Å². The Morgan fingerprint density at radius 2 is 0.900 bits per heavy atom. The second kappa shape index (κ2) is 11.4. The van der Waals surface area contributed by atoms with Crippen molar-refractivity contribution in [2.24, 2.45) is 0 Å². The molecule has 10 rings (SSSR count). The number of fused-ring (bicyclic) bond motifs is 6. The molecule has 0 saturated heterocycles. The Morgan fingerprint density at radius 3 is 1.62 bits per heavy atom. The zero-order chi connectivity index (χ0) is 33.0. The number of oxazole rings is 1. The van der Waals surface area contributed by atoms with Gasteiger partial charge in [0.05, 0.1) is 0 Å². The van der Waals surface area contributed by atoms with Crippen molar-refractivity contribution in [3.63, 3.8) is 0 Å². The van der Waals surface area contributed by atoms with Crippen LogP contribution in [0.5, 0.6) is 0 Å². The summed E-state index contributed by atoms with van der Waals surface area (Å²) in [7, 11) is 0. The van der Waals surface area contributed by atoms with E-state index >= 15 is 0 Å². The van der Waals surface area contributed by atoms with E-state index < -0.39 is 0 Å². The highest BCUT2D eigenvalue weighted by molar-refractivity contribution is 6.13. The van der Waals surface area contributed by atoms with Crippen LogP contribution < -0.4 is 0 Å². The van der Waals surface area contributed by atoms with Gasteiger partial charge in [-0.15, -0.1) is 0 Å². The molecule has 0 spiro atoms. The molecule has 0 saturated carbocycles. The van der Waals surface area contributed by atoms with Gasteiger partial charge in [0.2, 0.25) is 5.89 Å². The Kier molecular flexibility index (Phi) is 6.39. The van der Waals surface area contributed by atoms with Gasteiger partial charge in [-0.1, -0.05) is 127 Å². The van der Waals surface area contributed by atoms with Gasteiger partial charge in [-0.05, 0) is 52.2 Å². The molecule has 6 heteroatoms. The SMILES string of the molecule is c1ccc(-c2nc(-c3ccccc3)nc(-c3cccc4c(-c5ccc(-c6nc7ccc8c9ccccc9oc8c7o6)cc5)cccc34)n2)cc1. The van der Waals surface area contributed by atoms with Crippen molar-refractivity contribution in [2.45, 2.75) is 0 Å². The summed E-state index contributed by atoms with van der Waals surface area (Å²) in [6.45, 7) is 0. The first-order chi connectivity index (χ1) is 24.8. The normalized spacial score (nSPS) is 11.6. The van der Waals surface area contributed by atoms with Crippen LogP contribution in [-0.2, 0) is 0 Å². The molecule has 0 atom stereocenters. The zero-order valence-electron chi connectivity index (χ0n) is 26.6. The number of benzene rings is 7. The third kappa shape index (κ3) is 4.65. The summed E-state index contributed by atoms with van der Waals surface area (Å²) >= 11 is 0. The van der Waals surface area contributed by atoms with Gasteiger partial charge < -0.3 is 8.83 Å². The minimum Gasteiger partial charge on any atom is -0.452 e. The smallest absolute Gasteiger partial charge is 0.227 e. The maximum absolute atomic E-state index is 6.34. The van der Waals surface area contributed by atoms with Crippen LogP contribution in [0.15, 0.2) is 167 Å². The van der Waals surface area contributed by atoms with Crippen LogP contribution in [0.2, 0.25) is 0 Å². The third-order valence-corrected chi connectivity index (χ3v) is 9.21. The van der Waals surface area contributed by atoms with Gasteiger partial charge in [-0.2, -0.15) is 0 Å². The van der Waals surface area contributed by atoms with E-state index in [4.69, 9.17) is 28.8 Å². The predicted molar refractivity (Wildman–Crippen MR) is 199 cm³/mol. The van der Waals surface area contributed by atoms with E-state index in [1.165, 1.54) is 0 Å². The van der Waals surface area contributed by atoms with E-state index in [1.807, 2.05) is 84.9 Å². The van der Waals surface area contributed by atoms with Crippen LogP contribution in [0.3, 0.4) is 0 Å². The minimum absolute atomic E-state index is 0.554. The Bertz CT molecular complexity index is 2800. The van der Waals surface area contributed by atoms with Crippen LogP contribution >= 0.6 is 0 Å². The van der Waals surface area contributed by atoms with E-state index in [2.05, 4.69) is 72.8 Å². The summed E-state index contributed by atoms with van der Waals surface area (Å²) < 4.78 is 12.5. The lowest BCUT2D eigenvalue weighted by molar-refractivity contribution is 0.603. The molecule has 10 aromatic rings. The van der Waals surface area contributed by atoms with E-state index in [-0.39, 0.29) is 0 Å². The van der Waals surface area contributed by atoms with Crippen molar-refractivity contribution in [3.8, 4) is 56.7 Å². The second-order valence-corrected chi connectivity index (χ2v) is 12.2. The fourth-order valence-corrected chi connectivity index (χ4v) is 6.77.